The zero-order valence-corrected chi connectivity index (χ0v) is 14.4. The van der Waals surface area contributed by atoms with E-state index in [9.17, 15) is 9.90 Å². The van der Waals surface area contributed by atoms with Crippen LogP contribution in [-0.2, 0) is 4.79 Å². The van der Waals surface area contributed by atoms with Gasteiger partial charge in [-0.25, -0.2) is 0 Å². The van der Waals surface area contributed by atoms with Gasteiger partial charge in [0.1, 0.15) is 0 Å². The second-order valence-electron chi connectivity index (χ2n) is 5.58. The summed E-state index contributed by atoms with van der Waals surface area (Å²) in [6.45, 7) is 2.20. The molecular formula is C20H32O3. The summed E-state index contributed by atoms with van der Waals surface area (Å²) in [5, 5.41) is 18.3. The molecule has 2 N–H and O–H groups in total. The number of aliphatic hydroxyl groups is 1. The monoisotopic (exact) mass is 320 g/mol. The van der Waals surface area contributed by atoms with E-state index in [4.69, 9.17) is 5.11 Å². The first kappa shape index (κ1) is 21.4. The van der Waals surface area contributed by atoms with Gasteiger partial charge in [0.2, 0.25) is 0 Å². The molecule has 0 aliphatic heterocycles. The predicted octanol–water partition coefficient (Wildman–Crippen LogP) is 5.19. The molecule has 3 nitrogen and oxygen atoms in total. The highest BCUT2D eigenvalue weighted by molar-refractivity contribution is 5.66. The zero-order chi connectivity index (χ0) is 17.2. The van der Waals surface area contributed by atoms with Gasteiger partial charge in [0.25, 0.3) is 0 Å². The number of rotatable bonds is 14. The van der Waals surface area contributed by atoms with Crippen molar-refractivity contribution in [2.24, 2.45) is 0 Å². The molecule has 0 radical (unpaired) electrons. The Morgan fingerprint density at radius 3 is 2.43 bits per heavy atom. The van der Waals surface area contributed by atoms with Crippen molar-refractivity contribution in [2.45, 2.75) is 70.8 Å². The zero-order valence-electron chi connectivity index (χ0n) is 14.4. The van der Waals surface area contributed by atoms with Gasteiger partial charge in [0.15, 0.2) is 0 Å². The molecule has 0 rings (SSSR count). The predicted molar refractivity (Wildman–Crippen MR) is 97.4 cm³/mol. The maximum absolute atomic E-state index is 10.3. The van der Waals surface area contributed by atoms with Crippen LogP contribution in [0.3, 0.4) is 0 Å². The third-order valence-corrected chi connectivity index (χ3v) is 3.30. The molecule has 0 aliphatic carbocycles. The summed E-state index contributed by atoms with van der Waals surface area (Å²) >= 11 is 0. The number of carbonyl (C=O) groups is 1. The lowest BCUT2D eigenvalue weighted by atomic mass is 10.2. The standard InChI is InChI=1S/C20H32O3/c1-2-3-4-5-7-10-13-16-19(21)17-14-11-8-6-9-12-15-18-20(22)23/h6-7,9-11,13-14,16,19,21H,2-5,8,12,15,17-18H2,1H3,(H,22,23)/b9-6?,10-7?,14-11?,16-13+. The smallest absolute Gasteiger partial charge is 0.303 e. The molecule has 0 heterocycles. The third kappa shape index (κ3) is 18.3. The van der Waals surface area contributed by atoms with Crippen molar-refractivity contribution >= 4 is 5.97 Å². The van der Waals surface area contributed by atoms with Crippen LogP contribution in [-0.4, -0.2) is 22.3 Å². The largest absolute Gasteiger partial charge is 0.481 e. The molecule has 0 spiro atoms. The quantitative estimate of drug-likeness (QED) is 0.263. The maximum atomic E-state index is 10.3. The molecule has 1 unspecified atom stereocenters. The molecule has 0 aliphatic rings. The van der Waals surface area contributed by atoms with Crippen LogP contribution in [0, 0.1) is 0 Å². The van der Waals surface area contributed by atoms with Crippen molar-refractivity contribution in [1.29, 1.82) is 0 Å². The highest BCUT2D eigenvalue weighted by Gasteiger charge is 1.93. The fourth-order valence-electron chi connectivity index (χ4n) is 1.95. The molecule has 0 fully saturated rings. The van der Waals surface area contributed by atoms with Crippen LogP contribution in [0.15, 0.2) is 48.6 Å². The van der Waals surface area contributed by atoms with E-state index in [2.05, 4.69) is 13.0 Å². The van der Waals surface area contributed by atoms with Crippen molar-refractivity contribution in [3.05, 3.63) is 48.6 Å². The van der Waals surface area contributed by atoms with Crippen molar-refractivity contribution in [2.75, 3.05) is 0 Å². The van der Waals surface area contributed by atoms with Gasteiger partial charge in [0.05, 0.1) is 6.10 Å². The van der Waals surface area contributed by atoms with Crippen LogP contribution in [0.4, 0.5) is 0 Å². The molecule has 0 amide bonds. The van der Waals surface area contributed by atoms with Gasteiger partial charge in [-0.1, -0.05) is 68.4 Å². The van der Waals surface area contributed by atoms with Crippen LogP contribution >= 0.6 is 0 Å². The van der Waals surface area contributed by atoms with E-state index in [1.54, 1.807) is 0 Å². The van der Waals surface area contributed by atoms with Gasteiger partial charge in [-0.15, -0.1) is 0 Å². The number of hydrogen-bond donors (Lipinski definition) is 2. The number of unbranched alkanes of at least 4 members (excludes halogenated alkanes) is 4. The number of carboxylic acids is 1. The number of aliphatic hydroxyl groups excluding tert-OH is 1. The van der Waals surface area contributed by atoms with Gasteiger partial charge in [-0.2, -0.15) is 0 Å². The third-order valence-electron chi connectivity index (χ3n) is 3.30. The second kappa shape index (κ2) is 16.8. The first-order valence-electron chi connectivity index (χ1n) is 8.70. The van der Waals surface area contributed by atoms with E-state index in [1.807, 2.05) is 42.5 Å². The lowest BCUT2D eigenvalue weighted by Crippen LogP contribution is -1.98. The van der Waals surface area contributed by atoms with E-state index < -0.39 is 12.1 Å². The summed E-state index contributed by atoms with van der Waals surface area (Å²) in [5.74, 6) is -0.740. The molecule has 1 atom stereocenters. The summed E-state index contributed by atoms with van der Waals surface area (Å²) in [5.41, 5.74) is 0. The molecule has 23 heavy (non-hydrogen) atoms. The maximum Gasteiger partial charge on any atom is 0.303 e. The van der Waals surface area contributed by atoms with Crippen LogP contribution < -0.4 is 0 Å². The highest BCUT2D eigenvalue weighted by atomic mass is 16.4. The van der Waals surface area contributed by atoms with Crippen LogP contribution in [0.1, 0.15) is 64.7 Å². The van der Waals surface area contributed by atoms with E-state index in [0.717, 1.165) is 19.3 Å². The van der Waals surface area contributed by atoms with Crippen molar-refractivity contribution in [1.82, 2.24) is 0 Å². The number of carboxylic acid groups (broad SMARTS) is 1. The SMILES string of the molecule is CCCCCC=C/C=C/C(O)CC=CCC=CCCCC(=O)O. The minimum atomic E-state index is -0.740. The molecule has 0 bridgehead atoms. The average Bonchev–Trinajstić information content (AvgIpc) is 2.52. The number of hydrogen-bond acceptors (Lipinski definition) is 2. The average molecular weight is 320 g/mol. The van der Waals surface area contributed by atoms with Gasteiger partial charge < -0.3 is 10.2 Å². The first-order chi connectivity index (χ1) is 11.2. The molecule has 0 aromatic carbocycles. The molecule has 0 aromatic heterocycles. The molecular weight excluding hydrogens is 288 g/mol. The molecule has 0 saturated carbocycles. The van der Waals surface area contributed by atoms with Crippen LogP contribution in [0.5, 0.6) is 0 Å². The Morgan fingerprint density at radius 2 is 1.70 bits per heavy atom. The Hall–Kier alpha value is -1.61. The Kier molecular flexibility index (Phi) is 15.6. The molecule has 0 aromatic rings. The highest BCUT2D eigenvalue weighted by Crippen LogP contribution is 2.02. The fourth-order valence-corrected chi connectivity index (χ4v) is 1.95. The summed E-state index contributed by atoms with van der Waals surface area (Å²) in [6, 6.07) is 0. The van der Waals surface area contributed by atoms with Gasteiger partial charge in [0, 0.05) is 6.42 Å². The van der Waals surface area contributed by atoms with Gasteiger partial charge >= 0.3 is 5.97 Å². The van der Waals surface area contributed by atoms with E-state index in [1.165, 1.54) is 19.3 Å². The number of allylic oxidation sites excluding steroid dienone is 6. The normalized spacial score (nSPS) is 13.8. The number of aliphatic carboxylic acids is 1. The molecule has 130 valence electrons. The Labute approximate surface area is 141 Å². The van der Waals surface area contributed by atoms with E-state index in [-0.39, 0.29) is 6.42 Å². The Morgan fingerprint density at radius 1 is 0.957 bits per heavy atom. The van der Waals surface area contributed by atoms with Gasteiger partial charge in [-0.05, 0) is 38.5 Å². The summed E-state index contributed by atoms with van der Waals surface area (Å²) in [6.07, 6.45) is 23.5. The van der Waals surface area contributed by atoms with Crippen molar-refractivity contribution < 1.29 is 15.0 Å². The van der Waals surface area contributed by atoms with Gasteiger partial charge in [-0.3, -0.25) is 4.79 Å². The summed E-state index contributed by atoms with van der Waals surface area (Å²) < 4.78 is 0. The van der Waals surface area contributed by atoms with Crippen LogP contribution in [0.25, 0.3) is 0 Å². The Bertz CT molecular complexity index is 392. The van der Waals surface area contributed by atoms with E-state index in [0.29, 0.717) is 12.8 Å². The minimum Gasteiger partial charge on any atom is -0.481 e. The minimum absolute atomic E-state index is 0.228. The summed E-state index contributed by atoms with van der Waals surface area (Å²) in [4.78, 5) is 10.3. The molecule has 0 saturated heterocycles. The lowest BCUT2D eigenvalue weighted by molar-refractivity contribution is -0.137. The van der Waals surface area contributed by atoms with Crippen molar-refractivity contribution in [3.63, 3.8) is 0 Å². The fraction of sp³-hybridized carbons (Fsp3) is 0.550. The van der Waals surface area contributed by atoms with E-state index >= 15 is 0 Å². The van der Waals surface area contributed by atoms with Crippen molar-refractivity contribution in [3.8, 4) is 0 Å². The first-order valence-corrected chi connectivity index (χ1v) is 8.70. The Balaban J connectivity index is 3.61. The lowest BCUT2D eigenvalue weighted by Gasteiger charge is -1.98. The summed E-state index contributed by atoms with van der Waals surface area (Å²) in [7, 11) is 0. The topological polar surface area (TPSA) is 57.5 Å². The second-order valence-corrected chi connectivity index (χ2v) is 5.58. The molecule has 3 heteroatoms. The van der Waals surface area contributed by atoms with Crippen LogP contribution in [0.2, 0.25) is 0 Å².